The summed E-state index contributed by atoms with van der Waals surface area (Å²) in [7, 11) is 0. The summed E-state index contributed by atoms with van der Waals surface area (Å²) < 4.78 is 27.2. The molecule has 1 saturated carbocycles. The molecule has 0 radical (unpaired) electrons. The second-order valence-electron chi connectivity index (χ2n) is 5.75. The monoisotopic (exact) mass is 320 g/mol. The lowest BCUT2D eigenvalue weighted by Crippen LogP contribution is -2.30. The first-order valence-electron chi connectivity index (χ1n) is 7.50. The fraction of sp³-hybridized carbons (Fsp3) is 0.375. The van der Waals surface area contributed by atoms with Crippen LogP contribution in [0.1, 0.15) is 18.5 Å². The Labute approximate surface area is 132 Å². The van der Waals surface area contributed by atoms with E-state index in [-0.39, 0.29) is 13.0 Å². The van der Waals surface area contributed by atoms with E-state index in [0.29, 0.717) is 12.1 Å². The summed E-state index contributed by atoms with van der Waals surface area (Å²) in [6.07, 6.45) is 2.03. The number of halogens is 2. The van der Waals surface area contributed by atoms with Crippen LogP contribution in [0.25, 0.3) is 5.69 Å². The van der Waals surface area contributed by atoms with Crippen molar-refractivity contribution < 1.29 is 13.6 Å². The summed E-state index contributed by atoms with van der Waals surface area (Å²) in [6, 6.07) is 8.72. The molecule has 1 unspecified atom stereocenters. The number of alkyl halides is 2. The van der Waals surface area contributed by atoms with Crippen LogP contribution in [-0.2, 0) is 0 Å². The minimum Gasteiger partial charge on any atom is -0.338 e. The number of carbonyl (C=O) groups excluding carboxylic acids is 1. The van der Waals surface area contributed by atoms with Crippen LogP contribution in [-0.4, -0.2) is 28.3 Å². The first kappa shape index (κ1) is 15.5. The molecule has 1 fully saturated rings. The highest BCUT2D eigenvalue weighted by Crippen LogP contribution is 2.50. The maximum atomic E-state index is 12.8. The van der Waals surface area contributed by atoms with E-state index in [4.69, 9.17) is 0 Å². The van der Waals surface area contributed by atoms with Crippen LogP contribution in [0.2, 0.25) is 0 Å². The Morgan fingerprint density at radius 2 is 2.13 bits per heavy atom. The van der Waals surface area contributed by atoms with E-state index in [0.717, 1.165) is 11.4 Å². The number of para-hydroxylation sites is 2. The molecule has 0 bridgehead atoms. The van der Waals surface area contributed by atoms with Gasteiger partial charge in [0, 0.05) is 25.1 Å². The molecule has 3 rings (SSSR count). The van der Waals surface area contributed by atoms with E-state index in [9.17, 15) is 13.6 Å². The SMILES string of the molecule is Cc1ccn(-c2ccccc2NC(=O)NCCC2CC2(F)F)n1. The number of aryl methyl sites for hydroxylation is 1. The fourth-order valence-electron chi connectivity index (χ4n) is 2.44. The Morgan fingerprint density at radius 3 is 2.78 bits per heavy atom. The van der Waals surface area contributed by atoms with Crippen molar-refractivity contribution >= 4 is 11.7 Å². The highest BCUT2D eigenvalue weighted by molar-refractivity contribution is 5.91. The molecule has 0 saturated heterocycles. The maximum Gasteiger partial charge on any atom is 0.319 e. The summed E-state index contributed by atoms with van der Waals surface area (Å²) in [5.41, 5.74) is 2.21. The Bertz CT molecular complexity index is 714. The summed E-state index contributed by atoms with van der Waals surface area (Å²) in [4.78, 5) is 11.9. The molecule has 1 heterocycles. The highest BCUT2D eigenvalue weighted by Gasteiger charge is 2.55. The second kappa shape index (κ2) is 5.98. The minimum atomic E-state index is -2.54. The molecule has 2 N–H and O–H groups in total. The van der Waals surface area contributed by atoms with Crippen LogP contribution < -0.4 is 10.6 Å². The first-order chi connectivity index (χ1) is 11.0. The van der Waals surface area contributed by atoms with E-state index < -0.39 is 17.9 Å². The fourth-order valence-corrected chi connectivity index (χ4v) is 2.44. The molecule has 1 atom stereocenters. The van der Waals surface area contributed by atoms with Crippen molar-refractivity contribution in [1.29, 1.82) is 0 Å². The number of carbonyl (C=O) groups is 1. The van der Waals surface area contributed by atoms with Gasteiger partial charge in [0.15, 0.2) is 0 Å². The largest absolute Gasteiger partial charge is 0.338 e. The maximum absolute atomic E-state index is 12.8. The zero-order valence-corrected chi connectivity index (χ0v) is 12.7. The summed E-state index contributed by atoms with van der Waals surface area (Å²) >= 11 is 0. The zero-order valence-electron chi connectivity index (χ0n) is 12.7. The van der Waals surface area contributed by atoms with Gasteiger partial charge >= 0.3 is 6.03 Å². The van der Waals surface area contributed by atoms with Gasteiger partial charge in [0.25, 0.3) is 5.92 Å². The standard InChI is InChI=1S/C16H18F2N4O/c1-11-7-9-22(21-11)14-5-3-2-4-13(14)20-15(23)19-8-6-12-10-16(12,17)18/h2-5,7,9,12H,6,8,10H2,1H3,(H2,19,20,23). The average Bonchev–Trinajstić information content (AvgIpc) is 2.90. The summed E-state index contributed by atoms with van der Waals surface area (Å²) in [5.74, 6) is -3.13. The van der Waals surface area contributed by atoms with Gasteiger partial charge < -0.3 is 10.6 Å². The number of nitrogens with zero attached hydrogens (tertiary/aromatic N) is 2. The normalized spacial score (nSPS) is 18.5. The highest BCUT2D eigenvalue weighted by atomic mass is 19.3. The number of rotatable bonds is 5. The summed E-state index contributed by atoms with van der Waals surface area (Å²) in [5, 5.41) is 9.67. The van der Waals surface area contributed by atoms with Crippen molar-refractivity contribution in [2.24, 2.45) is 5.92 Å². The molecule has 1 aliphatic rings. The zero-order chi connectivity index (χ0) is 16.4. The van der Waals surface area contributed by atoms with Gasteiger partial charge in [-0.2, -0.15) is 5.10 Å². The number of anilines is 1. The molecule has 7 heteroatoms. The van der Waals surface area contributed by atoms with Crippen LogP contribution >= 0.6 is 0 Å². The molecule has 122 valence electrons. The van der Waals surface area contributed by atoms with Gasteiger partial charge in [-0.25, -0.2) is 18.3 Å². The van der Waals surface area contributed by atoms with Crippen LogP contribution in [0.4, 0.5) is 19.3 Å². The van der Waals surface area contributed by atoms with Crippen molar-refractivity contribution in [3.05, 3.63) is 42.2 Å². The van der Waals surface area contributed by atoms with Gasteiger partial charge in [-0.15, -0.1) is 0 Å². The number of benzene rings is 1. The topological polar surface area (TPSA) is 59.0 Å². The Kier molecular flexibility index (Phi) is 4.02. The number of hydrogen-bond acceptors (Lipinski definition) is 2. The predicted octanol–water partition coefficient (Wildman–Crippen LogP) is 3.35. The van der Waals surface area contributed by atoms with Gasteiger partial charge in [-0.3, -0.25) is 0 Å². The third-order valence-electron chi connectivity index (χ3n) is 3.86. The van der Waals surface area contributed by atoms with Crippen molar-refractivity contribution in [3.8, 4) is 5.69 Å². The molecule has 0 aliphatic heterocycles. The second-order valence-corrected chi connectivity index (χ2v) is 5.75. The minimum absolute atomic E-state index is 0.0716. The number of amides is 2. The van der Waals surface area contributed by atoms with Gasteiger partial charge in [-0.1, -0.05) is 12.1 Å². The van der Waals surface area contributed by atoms with Crippen LogP contribution in [0.3, 0.4) is 0 Å². The Balaban J connectivity index is 1.58. The molecule has 5 nitrogen and oxygen atoms in total. The van der Waals surface area contributed by atoms with Crippen LogP contribution in [0, 0.1) is 12.8 Å². The molecule has 2 aromatic rings. The molecule has 23 heavy (non-hydrogen) atoms. The third kappa shape index (κ3) is 3.67. The molecule has 0 spiro atoms. The van der Waals surface area contributed by atoms with E-state index >= 15 is 0 Å². The third-order valence-corrected chi connectivity index (χ3v) is 3.86. The van der Waals surface area contributed by atoms with Gasteiger partial charge in [0.1, 0.15) is 0 Å². The number of hydrogen-bond donors (Lipinski definition) is 2. The Hall–Kier alpha value is -2.44. The van der Waals surface area contributed by atoms with E-state index in [1.54, 1.807) is 16.8 Å². The van der Waals surface area contributed by atoms with Crippen molar-refractivity contribution in [1.82, 2.24) is 15.1 Å². The van der Waals surface area contributed by atoms with E-state index in [1.807, 2.05) is 31.3 Å². The van der Waals surface area contributed by atoms with Crippen LogP contribution in [0.5, 0.6) is 0 Å². The van der Waals surface area contributed by atoms with Gasteiger partial charge in [0.05, 0.1) is 17.1 Å². The molecular weight excluding hydrogens is 302 g/mol. The molecule has 1 aromatic carbocycles. The van der Waals surface area contributed by atoms with Crippen molar-refractivity contribution in [2.75, 3.05) is 11.9 Å². The lowest BCUT2D eigenvalue weighted by atomic mass is 10.2. The number of nitrogens with one attached hydrogen (secondary N) is 2. The quantitative estimate of drug-likeness (QED) is 0.887. The predicted molar refractivity (Wildman–Crippen MR) is 83.0 cm³/mol. The smallest absolute Gasteiger partial charge is 0.319 e. The lowest BCUT2D eigenvalue weighted by Gasteiger charge is -2.12. The molecule has 1 aromatic heterocycles. The molecule has 2 amide bonds. The van der Waals surface area contributed by atoms with Gasteiger partial charge in [-0.05, 0) is 31.5 Å². The van der Waals surface area contributed by atoms with Crippen LogP contribution in [0.15, 0.2) is 36.5 Å². The number of aromatic nitrogens is 2. The van der Waals surface area contributed by atoms with E-state index in [2.05, 4.69) is 15.7 Å². The summed E-state index contributed by atoms with van der Waals surface area (Å²) in [6.45, 7) is 2.11. The Morgan fingerprint density at radius 1 is 1.39 bits per heavy atom. The molecular formula is C16H18F2N4O. The number of urea groups is 1. The van der Waals surface area contributed by atoms with Crippen molar-refractivity contribution in [3.63, 3.8) is 0 Å². The first-order valence-corrected chi connectivity index (χ1v) is 7.50. The average molecular weight is 320 g/mol. The van der Waals surface area contributed by atoms with E-state index in [1.165, 1.54) is 0 Å². The van der Waals surface area contributed by atoms with Crippen molar-refractivity contribution in [2.45, 2.75) is 25.7 Å². The lowest BCUT2D eigenvalue weighted by molar-refractivity contribution is 0.0971. The molecule has 1 aliphatic carbocycles. The van der Waals surface area contributed by atoms with Gasteiger partial charge in [0.2, 0.25) is 0 Å².